The first-order valence-corrected chi connectivity index (χ1v) is 7.21. The van der Waals surface area contributed by atoms with E-state index in [0.29, 0.717) is 11.4 Å². The zero-order chi connectivity index (χ0) is 16.4. The molecule has 0 aliphatic heterocycles. The van der Waals surface area contributed by atoms with Gasteiger partial charge in [-0.3, -0.25) is 4.79 Å². The van der Waals surface area contributed by atoms with Gasteiger partial charge in [0.15, 0.2) is 23.1 Å². The van der Waals surface area contributed by atoms with E-state index in [0.717, 1.165) is 10.9 Å². The van der Waals surface area contributed by atoms with Gasteiger partial charge in [0.05, 0.1) is 10.9 Å². The molecule has 118 valence electrons. The minimum atomic E-state index is -1.17. The van der Waals surface area contributed by atoms with Gasteiger partial charge in [0, 0.05) is 25.5 Å². The third-order valence-electron chi connectivity index (χ3n) is 3.51. The standard InChI is InChI=1S/C17H17N3O3/c1-3-4-11-5-6-15-12(9-11)16(19-23-15)18-17(22)13-10-20(2)8-7-14(13)21/h3-10,17,22H,1-2H3,(H,18,19). The molecule has 0 spiro atoms. The van der Waals surface area contributed by atoms with Crippen LogP contribution >= 0.6 is 0 Å². The zero-order valence-corrected chi connectivity index (χ0v) is 12.9. The number of pyridine rings is 1. The van der Waals surface area contributed by atoms with Crippen LogP contribution in [0.3, 0.4) is 0 Å². The first-order valence-electron chi connectivity index (χ1n) is 7.21. The molecule has 6 nitrogen and oxygen atoms in total. The Morgan fingerprint density at radius 1 is 1.39 bits per heavy atom. The van der Waals surface area contributed by atoms with Gasteiger partial charge in [0.25, 0.3) is 0 Å². The number of allylic oxidation sites excluding steroid dienone is 1. The summed E-state index contributed by atoms with van der Waals surface area (Å²) in [4.78, 5) is 11.9. The highest BCUT2D eigenvalue weighted by atomic mass is 16.5. The lowest BCUT2D eigenvalue weighted by Gasteiger charge is -2.12. The molecule has 2 heterocycles. The maximum atomic E-state index is 11.9. The molecule has 0 fully saturated rings. The minimum Gasteiger partial charge on any atom is -0.369 e. The number of nitrogens with one attached hydrogen (secondary N) is 1. The molecule has 2 aromatic heterocycles. The van der Waals surface area contributed by atoms with E-state index < -0.39 is 6.23 Å². The number of hydrogen-bond donors (Lipinski definition) is 2. The van der Waals surface area contributed by atoms with Gasteiger partial charge in [-0.15, -0.1) is 0 Å². The van der Waals surface area contributed by atoms with Crippen LogP contribution in [0.15, 0.2) is 52.1 Å². The second-order valence-electron chi connectivity index (χ2n) is 5.26. The topological polar surface area (TPSA) is 80.3 Å². The van der Waals surface area contributed by atoms with Crippen molar-refractivity contribution in [3.63, 3.8) is 0 Å². The van der Waals surface area contributed by atoms with E-state index >= 15 is 0 Å². The molecule has 1 atom stereocenters. The fourth-order valence-electron chi connectivity index (χ4n) is 2.38. The first kappa shape index (κ1) is 15.1. The molecule has 0 saturated carbocycles. The molecule has 23 heavy (non-hydrogen) atoms. The highest BCUT2D eigenvalue weighted by Gasteiger charge is 2.16. The predicted molar refractivity (Wildman–Crippen MR) is 89.0 cm³/mol. The van der Waals surface area contributed by atoms with Crippen molar-refractivity contribution in [2.75, 3.05) is 5.32 Å². The molecule has 1 aromatic carbocycles. The van der Waals surface area contributed by atoms with Gasteiger partial charge >= 0.3 is 0 Å². The molecule has 3 rings (SSSR count). The molecular formula is C17H17N3O3. The number of aromatic nitrogens is 2. The SMILES string of the molecule is CC=Cc1ccc2onc(NC(O)c3cn(C)ccc3=O)c2c1. The molecule has 0 bridgehead atoms. The van der Waals surface area contributed by atoms with Crippen LogP contribution in [0.25, 0.3) is 17.0 Å². The Labute approximate surface area is 132 Å². The summed E-state index contributed by atoms with van der Waals surface area (Å²) in [6.45, 7) is 1.94. The monoisotopic (exact) mass is 311 g/mol. The van der Waals surface area contributed by atoms with Crippen molar-refractivity contribution >= 4 is 22.9 Å². The Morgan fingerprint density at radius 2 is 2.22 bits per heavy atom. The summed E-state index contributed by atoms with van der Waals surface area (Å²) in [6.07, 6.45) is 5.93. The van der Waals surface area contributed by atoms with Gasteiger partial charge in [-0.1, -0.05) is 23.4 Å². The molecule has 1 unspecified atom stereocenters. The Balaban J connectivity index is 1.96. The van der Waals surface area contributed by atoms with E-state index in [2.05, 4.69) is 10.5 Å². The molecule has 0 radical (unpaired) electrons. The fraction of sp³-hybridized carbons (Fsp3) is 0.176. The maximum Gasteiger partial charge on any atom is 0.189 e. The normalized spacial score (nSPS) is 12.8. The maximum absolute atomic E-state index is 11.9. The summed E-state index contributed by atoms with van der Waals surface area (Å²) in [7, 11) is 1.78. The molecule has 6 heteroatoms. The van der Waals surface area contributed by atoms with Crippen molar-refractivity contribution in [2.45, 2.75) is 13.2 Å². The van der Waals surface area contributed by atoms with Crippen LogP contribution in [-0.4, -0.2) is 14.8 Å². The smallest absolute Gasteiger partial charge is 0.189 e. The number of aliphatic hydroxyl groups is 1. The van der Waals surface area contributed by atoms with Crippen molar-refractivity contribution in [1.82, 2.24) is 9.72 Å². The highest BCUT2D eigenvalue weighted by molar-refractivity contribution is 5.89. The number of benzene rings is 1. The van der Waals surface area contributed by atoms with Crippen LogP contribution in [0.5, 0.6) is 0 Å². The van der Waals surface area contributed by atoms with Gasteiger partial charge in [-0.05, 0) is 24.6 Å². The molecule has 3 aromatic rings. The summed E-state index contributed by atoms with van der Waals surface area (Å²) in [5.41, 5.74) is 1.60. The molecule has 0 amide bonds. The quantitative estimate of drug-likeness (QED) is 0.724. The summed E-state index contributed by atoms with van der Waals surface area (Å²) in [5, 5.41) is 17.8. The number of anilines is 1. The second kappa shape index (κ2) is 6.10. The van der Waals surface area contributed by atoms with Gasteiger partial charge in [0.2, 0.25) is 0 Å². The van der Waals surface area contributed by atoms with Crippen LogP contribution in [0, 0.1) is 0 Å². The largest absolute Gasteiger partial charge is 0.369 e. The van der Waals surface area contributed by atoms with Gasteiger partial charge in [-0.25, -0.2) is 0 Å². The van der Waals surface area contributed by atoms with E-state index in [4.69, 9.17) is 4.52 Å². The number of aryl methyl sites for hydroxylation is 1. The van der Waals surface area contributed by atoms with Crippen LogP contribution in [0.2, 0.25) is 0 Å². The zero-order valence-electron chi connectivity index (χ0n) is 12.9. The molecule has 0 aliphatic carbocycles. The van der Waals surface area contributed by atoms with Crippen molar-refractivity contribution in [3.05, 3.63) is 64.1 Å². The van der Waals surface area contributed by atoms with Crippen molar-refractivity contribution < 1.29 is 9.63 Å². The Bertz CT molecular complexity index is 924. The van der Waals surface area contributed by atoms with Crippen molar-refractivity contribution in [2.24, 2.45) is 7.05 Å². The van der Waals surface area contributed by atoms with Crippen LogP contribution in [-0.2, 0) is 7.05 Å². The van der Waals surface area contributed by atoms with Gasteiger partial charge in [-0.2, -0.15) is 0 Å². The van der Waals surface area contributed by atoms with E-state index in [-0.39, 0.29) is 11.0 Å². The average molecular weight is 311 g/mol. The average Bonchev–Trinajstić information content (AvgIpc) is 2.92. The number of aliphatic hydroxyl groups excluding tert-OH is 1. The van der Waals surface area contributed by atoms with E-state index in [9.17, 15) is 9.90 Å². The minimum absolute atomic E-state index is 0.245. The Hall–Kier alpha value is -2.86. The first-order chi connectivity index (χ1) is 11.1. The van der Waals surface area contributed by atoms with E-state index in [1.54, 1.807) is 24.0 Å². The summed E-state index contributed by atoms with van der Waals surface area (Å²) >= 11 is 0. The van der Waals surface area contributed by atoms with Gasteiger partial charge in [0.1, 0.15) is 0 Å². The van der Waals surface area contributed by atoms with E-state index in [1.807, 2.05) is 37.3 Å². The van der Waals surface area contributed by atoms with Crippen molar-refractivity contribution in [3.8, 4) is 0 Å². The lowest BCUT2D eigenvalue weighted by atomic mass is 10.1. The molecule has 0 aliphatic rings. The van der Waals surface area contributed by atoms with Crippen LogP contribution < -0.4 is 10.7 Å². The lowest BCUT2D eigenvalue weighted by molar-refractivity contribution is 0.205. The third kappa shape index (κ3) is 3.02. The third-order valence-corrected chi connectivity index (χ3v) is 3.51. The highest BCUT2D eigenvalue weighted by Crippen LogP contribution is 2.26. The molecule has 2 N–H and O–H groups in total. The summed E-state index contributed by atoms with van der Waals surface area (Å²) in [5.74, 6) is 0.393. The van der Waals surface area contributed by atoms with Gasteiger partial charge < -0.3 is 19.5 Å². The Morgan fingerprint density at radius 3 is 3.00 bits per heavy atom. The van der Waals surface area contributed by atoms with E-state index in [1.165, 1.54) is 6.07 Å². The Kier molecular flexibility index (Phi) is 3.99. The second-order valence-corrected chi connectivity index (χ2v) is 5.26. The predicted octanol–water partition coefficient (Wildman–Crippen LogP) is 2.66. The molecular weight excluding hydrogens is 294 g/mol. The van der Waals surface area contributed by atoms with Crippen LogP contribution in [0.1, 0.15) is 24.3 Å². The van der Waals surface area contributed by atoms with Crippen LogP contribution in [0.4, 0.5) is 5.82 Å². The summed E-state index contributed by atoms with van der Waals surface area (Å²) in [6, 6.07) is 7.05. The summed E-state index contributed by atoms with van der Waals surface area (Å²) < 4.78 is 6.94. The lowest BCUT2D eigenvalue weighted by Crippen LogP contribution is -2.20. The number of rotatable bonds is 4. The fourth-order valence-corrected chi connectivity index (χ4v) is 2.38. The van der Waals surface area contributed by atoms with Crippen molar-refractivity contribution in [1.29, 1.82) is 0 Å². The number of fused-ring (bicyclic) bond motifs is 1. The number of hydrogen-bond acceptors (Lipinski definition) is 5. The number of nitrogens with zero attached hydrogens (tertiary/aromatic N) is 2. The molecule has 0 saturated heterocycles.